The van der Waals surface area contributed by atoms with E-state index in [1.807, 2.05) is 96.7 Å². The van der Waals surface area contributed by atoms with Gasteiger partial charge >= 0.3 is 0 Å². The molecule has 0 spiro atoms. The summed E-state index contributed by atoms with van der Waals surface area (Å²) in [6.45, 7) is 2.28. The molecular weight excluding hydrogens is 414 g/mol. The van der Waals surface area contributed by atoms with Crippen molar-refractivity contribution in [3.8, 4) is 17.2 Å². The van der Waals surface area contributed by atoms with Crippen LogP contribution in [-0.4, -0.2) is 23.3 Å². The number of amides is 1. The predicted molar refractivity (Wildman–Crippen MR) is 129 cm³/mol. The van der Waals surface area contributed by atoms with E-state index in [4.69, 9.17) is 9.47 Å². The molecule has 0 saturated carbocycles. The zero-order valence-corrected chi connectivity index (χ0v) is 18.6. The number of benzene rings is 3. The molecule has 6 nitrogen and oxygen atoms in total. The van der Waals surface area contributed by atoms with Crippen LogP contribution >= 0.6 is 0 Å². The maximum Gasteiger partial charge on any atom is 0.271 e. The van der Waals surface area contributed by atoms with Gasteiger partial charge in [0.15, 0.2) is 11.5 Å². The van der Waals surface area contributed by atoms with E-state index in [-0.39, 0.29) is 5.91 Å². The molecule has 0 fully saturated rings. The second-order valence-corrected chi connectivity index (χ2v) is 7.42. The summed E-state index contributed by atoms with van der Waals surface area (Å²) in [4.78, 5) is 12.5. The third-order valence-corrected chi connectivity index (χ3v) is 5.18. The Hall–Kier alpha value is -4.32. The van der Waals surface area contributed by atoms with Crippen LogP contribution in [0.4, 0.5) is 0 Å². The first-order valence-electron chi connectivity index (χ1n) is 10.6. The first kappa shape index (κ1) is 21.9. The average Bonchev–Trinajstić information content (AvgIpc) is 3.41. The first-order valence-corrected chi connectivity index (χ1v) is 10.6. The number of hydrogen-bond acceptors (Lipinski definition) is 4. The Morgan fingerprint density at radius 3 is 2.27 bits per heavy atom. The fourth-order valence-electron chi connectivity index (χ4n) is 3.30. The summed E-state index contributed by atoms with van der Waals surface area (Å²) in [5, 5.41) is 4.26. The smallest absolute Gasteiger partial charge is 0.271 e. The van der Waals surface area contributed by atoms with Gasteiger partial charge in [-0.15, -0.1) is 0 Å². The van der Waals surface area contributed by atoms with Crippen LogP contribution in [0.25, 0.3) is 5.69 Å². The molecule has 0 aliphatic heterocycles. The van der Waals surface area contributed by atoms with Crippen molar-refractivity contribution in [3.63, 3.8) is 0 Å². The fourth-order valence-corrected chi connectivity index (χ4v) is 3.30. The Morgan fingerprint density at radius 2 is 1.58 bits per heavy atom. The van der Waals surface area contributed by atoms with Crippen LogP contribution in [0.2, 0.25) is 0 Å². The second-order valence-electron chi connectivity index (χ2n) is 7.42. The Labute approximate surface area is 193 Å². The van der Waals surface area contributed by atoms with Crippen LogP contribution in [0.1, 0.15) is 28.4 Å². The summed E-state index contributed by atoms with van der Waals surface area (Å²) in [6, 6.07) is 26.8. The Kier molecular flexibility index (Phi) is 6.85. The Morgan fingerprint density at radius 1 is 0.879 bits per heavy atom. The van der Waals surface area contributed by atoms with Crippen molar-refractivity contribution in [1.82, 2.24) is 9.99 Å². The van der Waals surface area contributed by atoms with Crippen molar-refractivity contribution in [3.05, 3.63) is 114 Å². The Bertz CT molecular complexity index is 1230. The third-order valence-electron chi connectivity index (χ3n) is 5.18. The topological polar surface area (TPSA) is 64.8 Å². The maximum absolute atomic E-state index is 12.5. The number of carbonyl (C=O) groups is 1. The van der Waals surface area contributed by atoms with Crippen LogP contribution in [0, 0.1) is 0 Å². The van der Waals surface area contributed by atoms with Gasteiger partial charge in [-0.1, -0.05) is 30.3 Å². The lowest BCUT2D eigenvalue weighted by molar-refractivity contribution is 0.0955. The molecule has 33 heavy (non-hydrogen) atoms. The molecule has 0 aliphatic rings. The van der Waals surface area contributed by atoms with Gasteiger partial charge in [0, 0.05) is 29.2 Å². The molecular formula is C27H25N3O3. The van der Waals surface area contributed by atoms with Gasteiger partial charge in [-0.3, -0.25) is 4.79 Å². The molecule has 0 bridgehead atoms. The molecule has 0 saturated heterocycles. The number of hydrazone groups is 1. The number of rotatable bonds is 8. The third kappa shape index (κ3) is 5.49. The minimum atomic E-state index is -0.275. The van der Waals surface area contributed by atoms with Crippen LogP contribution in [-0.2, 0) is 6.61 Å². The molecule has 1 amide bonds. The zero-order valence-electron chi connectivity index (χ0n) is 18.6. The molecule has 6 heteroatoms. The standard InChI is InChI=1S/C27H25N3O3/c1-20(28-29-27(31)22-10-13-24(14-11-22)30-16-6-7-17-30)23-12-15-25(26(18-23)32-2)33-19-21-8-4-3-5-9-21/h3-18H,19H2,1-2H3,(H,29,31)/b28-20+. The van der Waals surface area contributed by atoms with Crippen LogP contribution < -0.4 is 14.9 Å². The minimum Gasteiger partial charge on any atom is -0.493 e. The molecule has 166 valence electrons. The number of nitrogens with one attached hydrogen (secondary N) is 1. The molecule has 1 N–H and O–H groups in total. The summed E-state index contributed by atoms with van der Waals surface area (Å²) in [5.41, 5.74) is 6.69. The SMILES string of the molecule is COc1cc(/C(C)=N/NC(=O)c2ccc(-n3cccc3)cc2)ccc1OCc1ccccc1. The molecule has 0 atom stereocenters. The highest BCUT2D eigenvalue weighted by Crippen LogP contribution is 2.29. The molecule has 3 aromatic carbocycles. The van der Waals surface area contributed by atoms with Gasteiger partial charge in [-0.05, 0) is 67.1 Å². The second kappa shape index (κ2) is 10.3. The lowest BCUT2D eigenvalue weighted by Gasteiger charge is -2.12. The minimum absolute atomic E-state index is 0.275. The normalized spacial score (nSPS) is 11.2. The van der Waals surface area contributed by atoms with Gasteiger partial charge in [-0.25, -0.2) is 5.43 Å². The number of aromatic nitrogens is 1. The molecule has 0 aliphatic carbocycles. The maximum atomic E-state index is 12.5. The molecule has 0 unspecified atom stereocenters. The van der Waals surface area contributed by atoms with E-state index >= 15 is 0 Å². The molecule has 1 heterocycles. The lowest BCUT2D eigenvalue weighted by atomic mass is 10.1. The number of hydrogen-bond donors (Lipinski definition) is 1. The van der Waals surface area contributed by atoms with Crippen molar-refractivity contribution in [2.24, 2.45) is 5.10 Å². The molecule has 0 radical (unpaired) electrons. The van der Waals surface area contributed by atoms with Crippen molar-refractivity contribution >= 4 is 11.6 Å². The molecule has 1 aromatic heterocycles. The van der Waals surface area contributed by atoms with Gasteiger partial charge in [0.05, 0.1) is 12.8 Å². The number of nitrogens with zero attached hydrogens (tertiary/aromatic N) is 2. The summed E-state index contributed by atoms with van der Waals surface area (Å²) in [6.07, 6.45) is 3.91. The van der Waals surface area contributed by atoms with Crippen LogP contribution in [0.5, 0.6) is 11.5 Å². The lowest BCUT2D eigenvalue weighted by Crippen LogP contribution is -2.19. The monoisotopic (exact) mass is 439 g/mol. The van der Waals surface area contributed by atoms with Crippen molar-refractivity contribution in [1.29, 1.82) is 0 Å². The average molecular weight is 440 g/mol. The van der Waals surface area contributed by atoms with Gasteiger partial charge in [0.25, 0.3) is 5.91 Å². The highest BCUT2D eigenvalue weighted by atomic mass is 16.5. The zero-order chi connectivity index (χ0) is 23.0. The largest absolute Gasteiger partial charge is 0.493 e. The molecule has 4 rings (SSSR count). The van der Waals surface area contributed by atoms with E-state index in [1.54, 1.807) is 19.2 Å². The Balaban J connectivity index is 1.40. The van der Waals surface area contributed by atoms with E-state index in [1.165, 1.54) is 0 Å². The van der Waals surface area contributed by atoms with Crippen LogP contribution in [0.3, 0.4) is 0 Å². The van der Waals surface area contributed by atoms with Gasteiger partial charge in [-0.2, -0.15) is 5.10 Å². The van der Waals surface area contributed by atoms with Gasteiger partial charge in [0.1, 0.15) is 6.61 Å². The molecule has 4 aromatic rings. The summed E-state index contributed by atoms with van der Waals surface area (Å²) < 4.78 is 13.4. The van der Waals surface area contributed by atoms with Crippen molar-refractivity contribution in [2.45, 2.75) is 13.5 Å². The summed E-state index contributed by atoms with van der Waals surface area (Å²) >= 11 is 0. The number of ether oxygens (including phenoxy) is 2. The first-order chi connectivity index (χ1) is 16.1. The predicted octanol–water partition coefficient (Wildman–Crippen LogP) is 5.22. The van der Waals surface area contributed by atoms with Crippen LogP contribution in [0.15, 0.2) is 102 Å². The number of methoxy groups -OCH3 is 1. The van der Waals surface area contributed by atoms with Gasteiger partial charge < -0.3 is 14.0 Å². The highest BCUT2D eigenvalue weighted by Gasteiger charge is 2.10. The highest BCUT2D eigenvalue weighted by molar-refractivity contribution is 6.01. The fraction of sp³-hybridized carbons (Fsp3) is 0.111. The quantitative estimate of drug-likeness (QED) is 0.302. The summed E-state index contributed by atoms with van der Waals surface area (Å²) in [7, 11) is 1.60. The number of carbonyl (C=O) groups excluding carboxylic acids is 1. The van der Waals surface area contributed by atoms with E-state index in [2.05, 4.69) is 10.5 Å². The van der Waals surface area contributed by atoms with Crippen molar-refractivity contribution < 1.29 is 14.3 Å². The van der Waals surface area contributed by atoms with E-state index in [9.17, 15) is 4.79 Å². The van der Waals surface area contributed by atoms with E-state index in [0.29, 0.717) is 29.4 Å². The van der Waals surface area contributed by atoms with Crippen molar-refractivity contribution in [2.75, 3.05) is 7.11 Å². The van der Waals surface area contributed by atoms with E-state index in [0.717, 1.165) is 16.8 Å². The van der Waals surface area contributed by atoms with E-state index < -0.39 is 0 Å². The summed E-state index contributed by atoms with van der Waals surface area (Å²) in [5.74, 6) is 0.970. The van der Waals surface area contributed by atoms with Gasteiger partial charge in [0.2, 0.25) is 0 Å².